The van der Waals surface area contributed by atoms with E-state index in [4.69, 9.17) is 10.7 Å². The summed E-state index contributed by atoms with van der Waals surface area (Å²) in [6, 6.07) is 8.10. The molecular formula is C16H21N5. The van der Waals surface area contributed by atoms with E-state index < -0.39 is 0 Å². The number of para-hydroxylation sites is 2. The fraction of sp³-hybridized carbons (Fsp3) is 0.375. The van der Waals surface area contributed by atoms with Crippen molar-refractivity contribution in [1.29, 1.82) is 0 Å². The number of nitrogens with zero attached hydrogens (tertiary/aromatic N) is 4. The van der Waals surface area contributed by atoms with E-state index in [2.05, 4.69) is 36.5 Å². The summed E-state index contributed by atoms with van der Waals surface area (Å²) < 4.78 is 3.81. The average Bonchev–Trinajstić information content (AvgIpc) is 2.89. The van der Waals surface area contributed by atoms with Crippen molar-refractivity contribution in [2.75, 3.05) is 5.73 Å². The zero-order valence-electron chi connectivity index (χ0n) is 13.2. The van der Waals surface area contributed by atoms with Gasteiger partial charge in [-0.25, -0.2) is 4.98 Å². The van der Waals surface area contributed by atoms with Gasteiger partial charge in [-0.1, -0.05) is 32.9 Å². The highest BCUT2D eigenvalue weighted by Gasteiger charge is 2.28. The number of aromatic nitrogens is 4. The Morgan fingerprint density at radius 1 is 1.10 bits per heavy atom. The highest BCUT2D eigenvalue weighted by Crippen LogP contribution is 2.36. The number of benzene rings is 1. The number of hydrogen-bond acceptors (Lipinski definition) is 3. The number of hydrogen-bond donors (Lipinski definition) is 1. The predicted molar refractivity (Wildman–Crippen MR) is 86.0 cm³/mol. The topological polar surface area (TPSA) is 61.7 Å². The molecule has 2 N–H and O–H groups in total. The Morgan fingerprint density at radius 2 is 1.76 bits per heavy atom. The lowest BCUT2D eigenvalue weighted by Gasteiger charge is -2.17. The molecule has 3 aromatic rings. The van der Waals surface area contributed by atoms with Crippen LogP contribution in [-0.2, 0) is 19.5 Å². The van der Waals surface area contributed by atoms with Gasteiger partial charge < -0.3 is 10.3 Å². The molecule has 0 radical (unpaired) electrons. The summed E-state index contributed by atoms with van der Waals surface area (Å²) in [4.78, 5) is 4.76. The summed E-state index contributed by atoms with van der Waals surface area (Å²) in [5, 5.41) is 4.61. The standard InChI is InChI=1S/C16H21N5/c1-16(2,3)13-12(14(17)21(5)19-13)15-18-10-8-6-7-9-11(10)20(15)4/h6-9H,17H2,1-5H3. The van der Waals surface area contributed by atoms with Gasteiger partial charge in [-0.15, -0.1) is 0 Å². The number of anilines is 1. The lowest BCUT2D eigenvalue weighted by Crippen LogP contribution is -2.14. The number of nitrogen functional groups attached to an aromatic ring is 1. The molecule has 0 atom stereocenters. The lowest BCUT2D eigenvalue weighted by atomic mass is 9.89. The highest BCUT2D eigenvalue weighted by molar-refractivity contribution is 5.84. The van der Waals surface area contributed by atoms with Crippen molar-refractivity contribution in [2.45, 2.75) is 26.2 Å². The minimum atomic E-state index is -0.0944. The van der Waals surface area contributed by atoms with E-state index in [9.17, 15) is 0 Å². The van der Waals surface area contributed by atoms with E-state index >= 15 is 0 Å². The summed E-state index contributed by atoms with van der Waals surface area (Å²) in [5.74, 6) is 1.52. The Hall–Kier alpha value is -2.30. The summed E-state index contributed by atoms with van der Waals surface area (Å²) in [6.07, 6.45) is 0. The number of nitrogens with two attached hydrogens (primary N) is 1. The SMILES string of the molecule is Cn1nc(C(C)(C)C)c(-c2nc3ccccc3n2C)c1N. The van der Waals surface area contributed by atoms with Crippen molar-refractivity contribution in [3.8, 4) is 11.4 Å². The van der Waals surface area contributed by atoms with Crippen molar-refractivity contribution < 1.29 is 0 Å². The molecule has 0 aliphatic heterocycles. The Morgan fingerprint density at radius 3 is 2.38 bits per heavy atom. The van der Waals surface area contributed by atoms with Crippen LogP contribution < -0.4 is 5.73 Å². The molecule has 0 bridgehead atoms. The number of imidazole rings is 1. The lowest BCUT2D eigenvalue weighted by molar-refractivity contribution is 0.554. The Kier molecular flexibility index (Phi) is 2.83. The molecule has 21 heavy (non-hydrogen) atoms. The highest BCUT2D eigenvalue weighted by atomic mass is 15.3. The Labute approximate surface area is 124 Å². The van der Waals surface area contributed by atoms with E-state index in [1.54, 1.807) is 4.68 Å². The van der Waals surface area contributed by atoms with Crippen molar-refractivity contribution in [3.05, 3.63) is 30.0 Å². The first-order chi connectivity index (χ1) is 9.80. The molecule has 0 aliphatic carbocycles. The average molecular weight is 283 g/mol. The summed E-state index contributed by atoms with van der Waals surface area (Å²) in [6.45, 7) is 6.42. The second kappa shape index (κ2) is 4.35. The second-order valence-corrected chi connectivity index (χ2v) is 6.47. The van der Waals surface area contributed by atoms with E-state index in [-0.39, 0.29) is 5.41 Å². The maximum absolute atomic E-state index is 6.27. The van der Waals surface area contributed by atoms with Crippen LogP contribution in [0.5, 0.6) is 0 Å². The molecule has 2 aromatic heterocycles. The normalized spacial score (nSPS) is 12.2. The minimum Gasteiger partial charge on any atom is -0.383 e. The smallest absolute Gasteiger partial charge is 0.146 e. The van der Waals surface area contributed by atoms with E-state index in [1.807, 2.05) is 32.3 Å². The largest absolute Gasteiger partial charge is 0.383 e. The number of fused-ring (bicyclic) bond motifs is 1. The first kappa shape index (κ1) is 13.7. The Balaban J connectivity index is 2.35. The fourth-order valence-electron chi connectivity index (χ4n) is 2.65. The summed E-state index contributed by atoms with van der Waals surface area (Å²) >= 11 is 0. The van der Waals surface area contributed by atoms with Crippen molar-refractivity contribution in [3.63, 3.8) is 0 Å². The van der Waals surface area contributed by atoms with Gasteiger partial charge in [-0.05, 0) is 12.1 Å². The van der Waals surface area contributed by atoms with Gasteiger partial charge in [0.15, 0.2) is 0 Å². The molecule has 5 heteroatoms. The molecule has 1 aromatic carbocycles. The van der Waals surface area contributed by atoms with Crippen LogP contribution >= 0.6 is 0 Å². The molecule has 5 nitrogen and oxygen atoms in total. The van der Waals surface area contributed by atoms with Crippen LogP contribution in [0.1, 0.15) is 26.5 Å². The van der Waals surface area contributed by atoms with Crippen molar-refractivity contribution >= 4 is 16.9 Å². The van der Waals surface area contributed by atoms with Crippen LogP contribution in [0.4, 0.5) is 5.82 Å². The van der Waals surface area contributed by atoms with Gasteiger partial charge >= 0.3 is 0 Å². The van der Waals surface area contributed by atoms with Gasteiger partial charge in [0.25, 0.3) is 0 Å². The summed E-state index contributed by atoms with van der Waals surface area (Å²) in [5.41, 5.74) is 10.1. The maximum Gasteiger partial charge on any atom is 0.146 e. The first-order valence-electron chi connectivity index (χ1n) is 7.05. The van der Waals surface area contributed by atoms with Gasteiger partial charge in [-0.3, -0.25) is 4.68 Å². The third kappa shape index (κ3) is 2.00. The molecular weight excluding hydrogens is 262 g/mol. The molecule has 2 heterocycles. The molecule has 0 amide bonds. The van der Waals surface area contributed by atoms with E-state index in [0.29, 0.717) is 5.82 Å². The van der Waals surface area contributed by atoms with Crippen LogP contribution in [-0.4, -0.2) is 19.3 Å². The molecule has 0 spiro atoms. The summed E-state index contributed by atoms with van der Waals surface area (Å²) in [7, 11) is 3.89. The van der Waals surface area contributed by atoms with E-state index in [1.165, 1.54) is 0 Å². The van der Waals surface area contributed by atoms with Gasteiger partial charge in [-0.2, -0.15) is 5.10 Å². The predicted octanol–water partition coefficient (Wildman–Crippen LogP) is 2.85. The first-order valence-corrected chi connectivity index (χ1v) is 7.05. The fourth-order valence-corrected chi connectivity index (χ4v) is 2.65. The van der Waals surface area contributed by atoms with Crippen LogP contribution in [0.2, 0.25) is 0 Å². The molecule has 0 fully saturated rings. The third-order valence-corrected chi connectivity index (χ3v) is 3.81. The minimum absolute atomic E-state index is 0.0944. The van der Waals surface area contributed by atoms with Gasteiger partial charge in [0.1, 0.15) is 11.6 Å². The van der Waals surface area contributed by atoms with Crippen LogP contribution in [0.25, 0.3) is 22.4 Å². The molecule has 110 valence electrons. The zero-order valence-corrected chi connectivity index (χ0v) is 13.2. The van der Waals surface area contributed by atoms with Crippen LogP contribution in [0.3, 0.4) is 0 Å². The number of aryl methyl sites for hydroxylation is 2. The molecule has 0 saturated carbocycles. The van der Waals surface area contributed by atoms with Gasteiger partial charge in [0.2, 0.25) is 0 Å². The van der Waals surface area contributed by atoms with E-state index in [0.717, 1.165) is 28.1 Å². The van der Waals surface area contributed by atoms with Gasteiger partial charge in [0, 0.05) is 19.5 Å². The van der Waals surface area contributed by atoms with Crippen LogP contribution in [0.15, 0.2) is 24.3 Å². The molecule has 0 unspecified atom stereocenters. The quantitative estimate of drug-likeness (QED) is 0.747. The monoisotopic (exact) mass is 283 g/mol. The number of rotatable bonds is 1. The van der Waals surface area contributed by atoms with Gasteiger partial charge in [0.05, 0.1) is 22.3 Å². The van der Waals surface area contributed by atoms with Crippen molar-refractivity contribution in [2.24, 2.45) is 14.1 Å². The maximum atomic E-state index is 6.27. The Bertz CT molecular complexity index is 817. The second-order valence-electron chi connectivity index (χ2n) is 6.47. The van der Waals surface area contributed by atoms with Crippen LogP contribution in [0, 0.1) is 0 Å². The zero-order chi connectivity index (χ0) is 15.4. The molecule has 0 saturated heterocycles. The molecule has 0 aliphatic rings. The molecule has 3 rings (SSSR count). The third-order valence-electron chi connectivity index (χ3n) is 3.81. The van der Waals surface area contributed by atoms with Crippen molar-refractivity contribution in [1.82, 2.24) is 19.3 Å².